The molecule has 114 valence electrons. The van der Waals surface area contributed by atoms with Crippen molar-refractivity contribution in [2.75, 3.05) is 26.9 Å². The Morgan fingerprint density at radius 3 is 2.45 bits per heavy atom. The van der Waals surface area contributed by atoms with Gasteiger partial charge in [-0.1, -0.05) is 26.0 Å². The van der Waals surface area contributed by atoms with Gasteiger partial charge in [0.05, 0.1) is 13.2 Å². The Bertz CT molecular complexity index is 337. The van der Waals surface area contributed by atoms with E-state index in [9.17, 15) is 0 Å². The average molecular weight is 279 g/mol. The molecule has 1 aromatic carbocycles. The highest BCUT2D eigenvalue weighted by molar-refractivity contribution is 5.27. The molecular formula is C17H29NO2. The Labute approximate surface area is 123 Å². The minimum absolute atomic E-state index is 0.625. The van der Waals surface area contributed by atoms with Gasteiger partial charge in [0.2, 0.25) is 0 Å². The van der Waals surface area contributed by atoms with Crippen molar-refractivity contribution < 1.29 is 9.47 Å². The molecule has 0 saturated heterocycles. The molecule has 0 bridgehead atoms. The first-order valence-electron chi connectivity index (χ1n) is 7.74. The minimum Gasteiger partial charge on any atom is -0.494 e. The van der Waals surface area contributed by atoms with Gasteiger partial charge in [0.25, 0.3) is 0 Å². The van der Waals surface area contributed by atoms with Gasteiger partial charge in [0.15, 0.2) is 0 Å². The van der Waals surface area contributed by atoms with Crippen LogP contribution in [0, 0.1) is 0 Å². The van der Waals surface area contributed by atoms with Crippen LogP contribution >= 0.6 is 0 Å². The average Bonchev–Trinajstić information content (AvgIpc) is 2.49. The standard InChI is InChI=1S/C17H29NO2/c1-4-16(18-5-2)7-6-13-20-17-10-8-15(9-11-17)12-14-19-3/h8-11,16,18H,4-7,12-14H2,1-3H3. The maximum atomic E-state index is 5.78. The summed E-state index contributed by atoms with van der Waals surface area (Å²) in [6, 6.07) is 8.95. The topological polar surface area (TPSA) is 30.5 Å². The van der Waals surface area contributed by atoms with Crippen molar-refractivity contribution in [3.8, 4) is 5.75 Å². The van der Waals surface area contributed by atoms with Crippen LogP contribution in [0.2, 0.25) is 0 Å². The number of rotatable bonds is 11. The molecular weight excluding hydrogens is 250 g/mol. The quantitative estimate of drug-likeness (QED) is 0.630. The van der Waals surface area contributed by atoms with Crippen molar-refractivity contribution in [2.45, 2.75) is 45.6 Å². The summed E-state index contributed by atoms with van der Waals surface area (Å²) in [4.78, 5) is 0. The first-order chi connectivity index (χ1) is 9.80. The molecule has 3 heteroatoms. The van der Waals surface area contributed by atoms with Crippen LogP contribution in [0.15, 0.2) is 24.3 Å². The van der Waals surface area contributed by atoms with E-state index in [-0.39, 0.29) is 0 Å². The van der Waals surface area contributed by atoms with Gasteiger partial charge in [-0.2, -0.15) is 0 Å². The second-order valence-electron chi connectivity index (χ2n) is 5.04. The lowest BCUT2D eigenvalue weighted by atomic mass is 10.1. The van der Waals surface area contributed by atoms with Crippen LogP contribution in [0.4, 0.5) is 0 Å². The van der Waals surface area contributed by atoms with E-state index in [1.807, 2.05) is 12.1 Å². The van der Waals surface area contributed by atoms with E-state index in [2.05, 4.69) is 31.3 Å². The van der Waals surface area contributed by atoms with Gasteiger partial charge in [0, 0.05) is 13.2 Å². The molecule has 20 heavy (non-hydrogen) atoms. The molecule has 0 aliphatic heterocycles. The Kier molecular flexibility index (Phi) is 9.09. The monoisotopic (exact) mass is 279 g/mol. The fourth-order valence-corrected chi connectivity index (χ4v) is 2.23. The van der Waals surface area contributed by atoms with Crippen LogP contribution in [-0.2, 0) is 11.2 Å². The number of methoxy groups -OCH3 is 1. The second kappa shape index (κ2) is 10.7. The van der Waals surface area contributed by atoms with E-state index in [1.165, 1.54) is 18.4 Å². The van der Waals surface area contributed by atoms with Gasteiger partial charge in [-0.05, 0) is 49.9 Å². The lowest BCUT2D eigenvalue weighted by Crippen LogP contribution is -2.28. The van der Waals surface area contributed by atoms with Crippen LogP contribution in [0.1, 0.15) is 38.7 Å². The van der Waals surface area contributed by atoms with E-state index in [0.29, 0.717) is 6.04 Å². The van der Waals surface area contributed by atoms with E-state index in [1.54, 1.807) is 7.11 Å². The third-order valence-electron chi connectivity index (χ3n) is 3.47. The molecule has 0 aromatic heterocycles. The van der Waals surface area contributed by atoms with Gasteiger partial charge in [-0.3, -0.25) is 0 Å². The molecule has 0 heterocycles. The highest BCUT2D eigenvalue weighted by Gasteiger charge is 2.03. The van der Waals surface area contributed by atoms with Crippen molar-refractivity contribution in [3.63, 3.8) is 0 Å². The van der Waals surface area contributed by atoms with Gasteiger partial charge in [0.1, 0.15) is 5.75 Å². The highest BCUT2D eigenvalue weighted by atomic mass is 16.5. The molecule has 0 amide bonds. The Hall–Kier alpha value is -1.06. The summed E-state index contributed by atoms with van der Waals surface area (Å²) in [6.45, 7) is 6.99. The van der Waals surface area contributed by atoms with Gasteiger partial charge >= 0.3 is 0 Å². The maximum Gasteiger partial charge on any atom is 0.119 e. The summed E-state index contributed by atoms with van der Waals surface area (Å²) in [5.74, 6) is 0.961. The van der Waals surface area contributed by atoms with E-state index < -0.39 is 0 Å². The summed E-state index contributed by atoms with van der Waals surface area (Å²) < 4.78 is 10.9. The summed E-state index contributed by atoms with van der Waals surface area (Å²) in [6.07, 6.45) is 4.41. The van der Waals surface area contributed by atoms with Gasteiger partial charge < -0.3 is 14.8 Å². The van der Waals surface area contributed by atoms with Gasteiger partial charge in [-0.25, -0.2) is 0 Å². The summed E-state index contributed by atoms with van der Waals surface area (Å²) in [7, 11) is 1.73. The lowest BCUT2D eigenvalue weighted by molar-refractivity contribution is 0.202. The van der Waals surface area contributed by atoms with Crippen LogP contribution < -0.4 is 10.1 Å². The molecule has 1 rings (SSSR count). The van der Waals surface area contributed by atoms with Crippen molar-refractivity contribution in [2.24, 2.45) is 0 Å². The number of hydrogen-bond donors (Lipinski definition) is 1. The van der Waals surface area contributed by atoms with Crippen molar-refractivity contribution >= 4 is 0 Å². The molecule has 1 aromatic rings. The Morgan fingerprint density at radius 2 is 1.85 bits per heavy atom. The molecule has 0 aliphatic carbocycles. The fraction of sp³-hybridized carbons (Fsp3) is 0.647. The molecule has 1 unspecified atom stereocenters. The number of ether oxygens (including phenoxy) is 2. The van der Waals surface area contributed by atoms with Crippen LogP contribution in [0.25, 0.3) is 0 Å². The zero-order chi connectivity index (χ0) is 14.6. The van der Waals surface area contributed by atoms with E-state index in [4.69, 9.17) is 9.47 Å². The van der Waals surface area contributed by atoms with E-state index >= 15 is 0 Å². The smallest absolute Gasteiger partial charge is 0.119 e. The maximum absolute atomic E-state index is 5.78. The van der Waals surface area contributed by atoms with Crippen molar-refractivity contribution in [3.05, 3.63) is 29.8 Å². The number of hydrogen-bond acceptors (Lipinski definition) is 3. The van der Waals surface area contributed by atoms with E-state index in [0.717, 1.165) is 38.3 Å². The molecule has 1 N–H and O–H groups in total. The zero-order valence-electron chi connectivity index (χ0n) is 13.2. The van der Waals surface area contributed by atoms with Crippen molar-refractivity contribution in [1.29, 1.82) is 0 Å². The highest BCUT2D eigenvalue weighted by Crippen LogP contribution is 2.13. The predicted molar refractivity (Wildman–Crippen MR) is 84.5 cm³/mol. The minimum atomic E-state index is 0.625. The predicted octanol–water partition coefficient (Wildman–Crippen LogP) is 3.42. The summed E-state index contributed by atoms with van der Waals surface area (Å²) >= 11 is 0. The number of benzene rings is 1. The fourth-order valence-electron chi connectivity index (χ4n) is 2.23. The van der Waals surface area contributed by atoms with Crippen molar-refractivity contribution in [1.82, 2.24) is 5.32 Å². The SMILES string of the molecule is CCNC(CC)CCCOc1ccc(CCOC)cc1. The molecule has 0 radical (unpaired) electrons. The molecule has 3 nitrogen and oxygen atoms in total. The Balaban J connectivity index is 2.21. The normalized spacial score (nSPS) is 12.3. The molecule has 0 aliphatic rings. The van der Waals surface area contributed by atoms with Crippen LogP contribution in [0.3, 0.4) is 0 Å². The first-order valence-corrected chi connectivity index (χ1v) is 7.74. The summed E-state index contributed by atoms with van der Waals surface area (Å²) in [5.41, 5.74) is 1.29. The molecule has 0 fully saturated rings. The number of nitrogens with one attached hydrogen (secondary N) is 1. The molecule has 0 spiro atoms. The first kappa shape index (κ1) is 17.0. The third kappa shape index (κ3) is 6.92. The van der Waals surface area contributed by atoms with Crippen LogP contribution in [0.5, 0.6) is 5.75 Å². The molecule has 0 saturated carbocycles. The second-order valence-corrected chi connectivity index (χ2v) is 5.04. The largest absolute Gasteiger partial charge is 0.494 e. The zero-order valence-corrected chi connectivity index (χ0v) is 13.2. The van der Waals surface area contributed by atoms with Gasteiger partial charge in [-0.15, -0.1) is 0 Å². The Morgan fingerprint density at radius 1 is 1.10 bits per heavy atom. The van der Waals surface area contributed by atoms with Crippen LogP contribution in [-0.4, -0.2) is 32.9 Å². The lowest BCUT2D eigenvalue weighted by Gasteiger charge is -2.15. The summed E-state index contributed by atoms with van der Waals surface area (Å²) in [5, 5.41) is 3.49. The third-order valence-corrected chi connectivity index (χ3v) is 3.47. The molecule has 1 atom stereocenters.